The van der Waals surface area contributed by atoms with Crippen molar-refractivity contribution in [2.45, 2.75) is 13.1 Å². The Hall–Kier alpha value is -2.48. The second kappa shape index (κ2) is 5.25. The summed E-state index contributed by atoms with van der Waals surface area (Å²) < 4.78 is 38.1. The first kappa shape index (κ1) is 13.9. The van der Waals surface area contributed by atoms with Gasteiger partial charge in [-0.05, 0) is 36.8 Å². The summed E-state index contributed by atoms with van der Waals surface area (Å²) in [5, 5.41) is 11.9. The number of hydrogen-bond acceptors (Lipinski definition) is 2. The van der Waals surface area contributed by atoms with Crippen LogP contribution >= 0.6 is 0 Å². The number of benzene rings is 2. The third-order valence-corrected chi connectivity index (χ3v) is 2.88. The number of anilines is 2. The Morgan fingerprint density at radius 2 is 1.75 bits per heavy atom. The second-order valence-corrected chi connectivity index (χ2v) is 4.31. The third-order valence-electron chi connectivity index (χ3n) is 2.88. The number of aryl methyl sites for hydroxylation is 1. The van der Waals surface area contributed by atoms with Gasteiger partial charge in [0.25, 0.3) is 0 Å². The van der Waals surface area contributed by atoms with E-state index in [0.29, 0.717) is 22.5 Å². The highest BCUT2D eigenvalue weighted by atomic mass is 19.4. The summed E-state index contributed by atoms with van der Waals surface area (Å²) in [6.45, 7) is 1.71. The molecule has 0 radical (unpaired) electrons. The van der Waals surface area contributed by atoms with Gasteiger partial charge in [0.15, 0.2) is 0 Å². The largest absolute Gasteiger partial charge is 0.416 e. The van der Waals surface area contributed by atoms with Crippen LogP contribution in [-0.4, -0.2) is 0 Å². The van der Waals surface area contributed by atoms with Crippen molar-refractivity contribution in [3.05, 3.63) is 59.2 Å². The van der Waals surface area contributed by atoms with Crippen molar-refractivity contribution in [3.63, 3.8) is 0 Å². The number of nitrogens with zero attached hydrogens (tertiary/aromatic N) is 1. The van der Waals surface area contributed by atoms with E-state index in [4.69, 9.17) is 5.26 Å². The van der Waals surface area contributed by atoms with Gasteiger partial charge in [0, 0.05) is 5.69 Å². The second-order valence-electron chi connectivity index (χ2n) is 4.31. The van der Waals surface area contributed by atoms with E-state index in [0.717, 1.165) is 12.1 Å². The van der Waals surface area contributed by atoms with Gasteiger partial charge in [-0.3, -0.25) is 0 Å². The summed E-state index contributed by atoms with van der Waals surface area (Å²) in [5.74, 6) is 0. The molecule has 2 rings (SSSR count). The molecule has 0 aliphatic carbocycles. The monoisotopic (exact) mass is 276 g/mol. The van der Waals surface area contributed by atoms with Crippen molar-refractivity contribution in [3.8, 4) is 6.07 Å². The van der Waals surface area contributed by atoms with Crippen LogP contribution < -0.4 is 5.32 Å². The molecule has 5 heteroatoms. The molecule has 1 N–H and O–H groups in total. The molecule has 0 saturated carbocycles. The topological polar surface area (TPSA) is 35.8 Å². The number of alkyl halides is 3. The number of nitrogens with one attached hydrogen (secondary N) is 1. The molecule has 2 aromatic rings. The molecule has 20 heavy (non-hydrogen) atoms. The fourth-order valence-corrected chi connectivity index (χ4v) is 1.77. The zero-order valence-corrected chi connectivity index (χ0v) is 10.6. The van der Waals surface area contributed by atoms with Crippen molar-refractivity contribution in [2.24, 2.45) is 0 Å². The summed E-state index contributed by atoms with van der Waals surface area (Å²) >= 11 is 0. The number of rotatable bonds is 2. The minimum Gasteiger partial charge on any atom is -0.354 e. The molecule has 0 saturated heterocycles. The molecule has 102 valence electrons. The quantitative estimate of drug-likeness (QED) is 0.868. The number of halogens is 3. The number of hydrogen-bond donors (Lipinski definition) is 1. The lowest BCUT2D eigenvalue weighted by Gasteiger charge is -2.14. The van der Waals surface area contributed by atoms with E-state index < -0.39 is 11.7 Å². The van der Waals surface area contributed by atoms with Gasteiger partial charge >= 0.3 is 6.18 Å². The van der Waals surface area contributed by atoms with E-state index in [1.165, 1.54) is 6.07 Å². The molecule has 0 heterocycles. The van der Waals surface area contributed by atoms with Crippen LogP contribution in [0.5, 0.6) is 0 Å². The Kier molecular flexibility index (Phi) is 3.66. The zero-order chi connectivity index (χ0) is 14.8. The van der Waals surface area contributed by atoms with Gasteiger partial charge in [-0.1, -0.05) is 18.2 Å². The molecule has 2 nitrogen and oxygen atoms in total. The van der Waals surface area contributed by atoms with Crippen molar-refractivity contribution < 1.29 is 13.2 Å². The lowest BCUT2D eigenvalue weighted by Crippen LogP contribution is -2.06. The Labute approximate surface area is 114 Å². The van der Waals surface area contributed by atoms with Crippen molar-refractivity contribution >= 4 is 11.4 Å². The van der Waals surface area contributed by atoms with Crippen molar-refractivity contribution in [1.82, 2.24) is 0 Å². The van der Waals surface area contributed by atoms with Crippen LogP contribution in [0.3, 0.4) is 0 Å². The molecular formula is C15H11F3N2. The summed E-state index contributed by atoms with van der Waals surface area (Å²) in [5.41, 5.74) is 1.15. The maximum atomic E-state index is 12.7. The standard InChI is InChI=1S/C15H11F3N2/c1-10-6-7-12(15(16,17)18)8-14(10)20-13-5-3-2-4-11(13)9-19/h2-8,20H,1H3. The van der Waals surface area contributed by atoms with Crippen molar-refractivity contribution in [2.75, 3.05) is 5.32 Å². The summed E-state index contributed by atoms with van der Waals surface area (Å²) in [6, 6.07) is 12.1. The molecule has 0 atom stereocenters. The Balaban J connectivity index is 2.41. The van der Waals surface area contributed by atoms with E-state index in [1.807, 2.05) is 6.07 Å². The Morgan fingerprint density at radius 1 is 1.05 bits per heavy atom. The lowest BCUT2D eigenvalue weighted by atomic mass is 10.1. The van der Waals surface area contributed by atoms with Gasteiger partial charge in [-0.2, -0.15) is 18.4 Å². The van der Waals surface area contributed by atoms with Crippen LogP contribution in [0.1, 0.15) is 16.7 Å². The number of nitriles is 1. The predicted molar refractivity (Wildman–Crippen MR) is 70.6 cm³/mol. The first-order chi connectivity index (χ1) is 9.41. The van der Waals surface area contributed by atoms with Crippen LogP contribution in [0.2, 0.25) is 0 Å². The summed E-state index contributed by atoms with van der Waals surface area (Å²) in [6.07, 6.45) is -4.39. The van der Waals surface area contributed by atoms with Gasteiger partial charge in [0.1, 0.15) is 6.07 Å². The zero-order valence-electron chi connectivity index (χ0n) is 10.6. The van der Waals surface area contributed by atoms with Crippen LogP contribution in [-0.2, 0) is 6.18 Å². The molecule has 0 bridgehead atoms. The van der Waals surface area contributed by atoms with Gasteiger partial charge in [-0.15, -0.1) is 0 Å². The smallest absolute Gasteiger partial charge is 0.354 e. The first-order valence-electron chi connectivity index (χ1n) is 5.86. The minimum absolute atomic E-state index is 0.336. The normalized spacial score (nSPS) is 10.9. The molecule has 0 aliphatic heterocycles. The average molecular weight is 276 g/mol. The van der Waals surface area contributed by atoms with Crippen LogP contribution in [0.15, 0.2) is 42.5 Å². The molecule has 0 aliphatic rings. The van der Waals surface area contributed by atoms with E-state index in [9.17, 15) is 13.2 Å². The maximum absolute atomic E-state index is 12.7. The maximum Gasteiger partial charge on any atom is 0.416 e. The first-order valence-corrected chi connectivity index (χ1v) is 5.86. The Morgan fingerprint density at radius 3 is 2.40 bits per heavy atom. The fourth-order valence-electron chi connectivity index (χ4n) is 1.77. The van der Waals surface area contributed by atoms with E-state index >= 15 is 0 Å². The summed E-state index contributed by atoms with van der Waals surface area (Å²) in [7, 11) is 0. The minimum atomic E-state index is -4.39. The van der Waals surface area contributed by atoms with Gasteiger partial charge in [-0.25, -0.2) is 0 Å². The van der Waals surface area contributed by atoms with Gasteiger partial charge in [0.05, 0.1) is 16.8 Å². The summed E-state index contributed by atoms with van der Waals surface area (Å²) in [4.78, 5) is 0. The van der Waals surface area contributed by atoms with Gasteiger partial charge < -0.3 is 5.32 Å². The Bertz CT molecular complexity index is 670. The lowest BCUT2D eigenvalue weighted by molar-refractivity contribution is -0.137. The molecule has 0 aromatic heterocycles. The highest BCUT2D eigenvalue weighted by molar-refractivity contribution is 5.69. The molecular weight excluding hydrogens is 265 g/mol. The molecule has 2 aromatic carbocycles. The van der Waals surface area contributed by atoms with Crippen LogP contribution in [0, 0.1) is 18.3 Å². The van der Waals surface area contributed by atoms with E-state index in [-0.39, 0.29) is 0 Å². The SMILES string of the molecule is Cc1ccc(C(F)(F)F)cc1Nc1ccccc1C#N. The average Bonchev–Trinajstić information content (AvgIpc) is 2.40. The highest BCUT2D eigenvalue weighted by Gasteiger charge is 2.30. The van der Waals surface area contributed by atoms with E-state index in [2.05, 4.69) is 5.32 Å². The fraction of sp³-hybridized carbons (Fsp3) is 0.133. The van der Waals surface area contributed by atoms with Crippen LogP contribution in [0.25, 0.3) is 0 Å². The molecule has 0 unspecified atom stereocenters. The highest BCUT2D eigenvalue weighted by Crippen LogP contribution is 2.33. The van der Waals surface area contributed by atoms with E-state index in [1.54, 1.807) is 31.2 Å². The van der Waals surface area contributed by atoms with Gasteiger partial charge in [0.2, 0.25) is 0 Å². The van der Waals surface area contributed by atoms with Crippen molar-refractivity contribution in [1.29, 1.82) is 5.26 Å². The molecule has 0 fully saturated rings. The number of para-hydroxylation sites is 1. The molecule has 0 amide bonds. The predicted octanol–water partition coefficient (Wildman–Crippen LogP) is 4.63. The van der Waals surface area contributed by atoms with Crippen LogP contribution in [0.4, 0.5) is 24.5 Å². The third kappa shape index (κ3) is 2.91. The molecule has 0 spiro atoms.